The van der Waals surface area contributed by atoms with Crippen molar-refractivity contribution in [3.05, 3.63) is 256 Å². The van der Waals surface area contributed by atoms with E-state index in [1.165, 1.54) is 35.3 Å². The van der Waals surface area contributed by atoms with Gasteiger partial charge in [-0.2, -0.15) is 0 Å². The number of methoxy groups -OCH3 is 2. The van der Waals surface area contributed by atoms with E-state index in [4.69, 9.17) is 34.2 Å². The molecular formula is C66H47N9O6S3. The zero-order valence-corrected chi connectivity index (χ0v) is 47.4. The van der Waals surface area contributed by atoms with Gasteiger partial charge in [0.1, 0.15) is 18.1 Å². The van der Waals surface area contributed by atoms with Crippen molar-refractivity contribution in [3.63, 3.8) is 0 Å². The number of anilines is 3. The van der Waals surface area contributed by atoms with Gasteiger partial charge in [0.25, 0.3) is 17.7 Å². The monoisotopic (exact) mass is 1160 g/mol. The van der Waals surface area contributed by atoms with Gasteiger partial charge in [0.05, 0.1) is 86.3 Å². The number of para-hydroxylation sites is 4. The first-order chi connectivity index (χ1) is 41.2. The van der Waals surface area contributed by atoms with Crippen LogP contribution in [0, 0.1) is 0 Å². The predicted molar refractivity (Wildman–Crippen MR) is 338 cm³/mol. The number of ether oxygens (including phenoxy) is 3. The highest BCUT2D eigenvalue weighted by Gasteiger charge is 2.37. The minimum Gasteiger partial charge on any atom is -0.495 e. The average Bonchev–Trinajstić information content (AvgIpc) is 4.06. The van der Waals surface area contributed by atoms with Crippen molar-refractivity contribution < 1.29 is 28.6 Å². The van der Waals surface area contributed by atoms with Gasteiger partial charge in [-0.05, 0) is 156 Å². The van der Waals surface area contributed by atoms with E-state index in [9.17, 15) is 14.4 Å². The topological polar surface area (TPSA) is 164 Å². The van der Waals surface area contributed by atoms with Gasteiger partial charge in [-0.25, -0.2) is 24.9 Å². The third kappa shape index (κ3) is 12.4. The number of rotatable bonds is 15. The molecule has 3 amide bonds. The number of carbonyl (C=O) groups excluding carboxylic acids is 3. The van der Waals surface area contributed by atoms with Crippen LogP contribution >= 0.6 is 35.3 Å². The van der Waals surface area contributed by atoms with Gasteiger partial charge in [0.15, 0.2) is 15.5 Å². The Morgan fingerprint density at radius 2 is 0.988 bits per heavy atom. The maximum absolute atomic E-state index is 14.6. The standard InChI is InChI=1S/C66H47N9O6S3/c1-79-54-31-28-48(68-41-54)38-58-62(77)75(65(83-58)71-47-19-9-4-10-20-47)53-29-26-43(27-30-53)42-81-55-37-50(39-59-63(78)74(52-24-13-6-14-25-52)64(84-59)70-46-17-7-3-8-18-46)69-56(40-55)45-16-15-21-49(36-45)72-66-73(51-22-11-5-12-23-51)61(76)57(82-66)34-44-32-33-67-60(35-44)80-2/h3-41H,42H2,1-2H3/b57-34-,58-38-,59-39-,70-64?,71-65?,72-66?. The van der Waals surface area contributed by atoms with Crippen LogP contribution in [0.15, 0.2) is 248 Å². The molecule has 3 fully saturated rings. The number of amidine groups is 3. The van der Waals surface area contributed by atoms with Crippen LogP contribution in [0.3, 0.4) is 0 Å². The number of thioether (sulfide) groups is 3. The van der Waals surface area contributed by atoms with Crippen molar-refractivity contribution in [1.29, 1.82) is 0 Å². The molecule has 9 aromatic rings. The lowest BCUT2D eigenvalue weighted by atomic mass is 10.1. The first-order valence-corrected chi connectivity index (χ1v) is 28.7. The lowest BCUT2D eigenvalue weighted by Gasteiger charge is -2.16. The fourth-order valence-corrected chi connectivity index (χ4v) is 11.9. The summed E-state index contributed by atoms with van der Waals surface area (Å²) in [5.41, 5.74) is 7.79. The van der Waals surface area contributed by atoms with E-state index >= 15 is 0 Å². The molecule has 3 saturated heterocycles. The molecule has 0 N–H and O–H groups in total. The fraction of sp³-hybridized carbons (Fsp3) is 0.0455. The lowest BCUT2D eigenvalue weighted by Crippen LogP contribution is -2.28. The highest BCUT2D eigenvalue weighted by molar-refractivity contribution is 8.20. The molecule has 3 aliphatic rings. The van der Waals surface area contributed by atoms with Crippen LogP contribution in [-0.2, 0) is 21.0 Å². The molecule has 84 heavy (non-hydrogen) atoms. The van der Waals surface area contributed by atoms with E-state index < -0.39 is 0 Å². The molecule has 0 spiro atoms. The van der Waals surface area contributed by atoms with Gasteiger partial charge in [0, 0.05) is 30.0 Å². The van der Waals surface area contributed by atoms with Crippen molar-refractivity contribution in [1.82, 2.24) is 15.0 Å². The molecule has 3 aromatic heterocycles. The Bertz CT molecular complexity index is 4150. The second-order valence-electron chi connectivity index (χ2n) is 18.7. The number of aromatic nitrogens is 3. The quantitative estimate of drug-likeness (QED) is 0.0894. The van der Waals surface area contributed by atoms with Crippen LogP contribution in [-0.4, -0.2) is 62.4 Å². The minimum atomic E-state index is -0.261. The van der Waals surface area contributed by atoms with Crippen molar-refractivity contribution in [2.75, 3.05) is 28.9 Å². The van der Waals surface area contributed by atoms with Crippen molar-refractivity contribution in [3.8, 4) is 28.6 Å². The van der Waals surface area contributed by atoms with Crippen LogP contribution in [0.25, 0.3) is 29.5 Å². The van der Waals surface area contributed by atoms with Crippen LogP contribution in [0.4, 0.5) is 34.1 Å². The molecule has 6 heterocycles. The van der Waals surface area contributed by atoms with Crippen LogP contribution in [0.2, 0.25) is 0 Å². The largest absolute Gasteiger partial charge is 0.495 e. The number of hydrogen-bond donors (Lipinski definition) is 0. The molecule has 0 saturated carbocycles. The normalized spacial score (nSPS) is 17.2. The van der Waals surface area contributed by atoms with Crippen LogP contribution < -0.4 is 28.9 Å². The van der Waals surface area contributed by atoms with E-state index in [0.29, 0.717) is 104 Å². The Morgan fingerprint density at radius 3 is 1.54 bits per heavy atom. The molecular weight excluding hydrogens is 1110 g/mol. The molecule has 0 aliphatic carbocycles. The minimum absolute atomic E-state index is 0.140. The Balaban J connectivity index is 0.880. The zero-order valence-electron chi connectivity index (χ0n) is 44.9. The molecule has 0 radical (unpaired) electrons. The summed E-state index contributed by atoms with van der Waals surface area (Å²) in [6, 6.07) is 63.7. The summed E-state index contributed by atoms with van der Waals surface area (Å²) in [6.07, 6.45) is 8.55. The number of pyridine rings is 3. The zero-order chi connectivity index (χ0) is 57.4. The van der Waals surface area contributed by atoms with Gasteiger partial charge in [-0.15, -0.1) is 0 Å². The van der Waals surface area contributed by atoms with E-state index in [1.807, 2.05) is 182 Å². The number of carbonyl (C=O) groups is 3. The Labute approximate surface area is 496 Å². The number of hydrogen-bond acceptors (Lipinski definition) is 15. The van der Waals surface area contributed by atoms with Crippen LogP contribution in [0.1, 0.15) is 22.5 Å². The van der Waals surface area contributed by atoms with Gasteiger partial charge >= 0.3 is 0 Å². The summed E-state index contributed by atoms with van der Waals surface area (Å²) < 4.78 is 17.3. The first-order valence-electron chi connectivity index (χ1n) is 26.2. The second kappa shape index (κ2) is 24.9. The van der Waals surface area contributed by atoms with Crippen molar-refractivity contribution >= 4 is 121 Å². The SMILES string of the molecule is COc1ccc(/C=C2\SC(=Nc3ccccc3)N(c3ccc(COc4cc(/C=C5\SC(=Nc6ccccc6)N(c6ccccc6)C5=O)nc(-c5cccc(N=C6S/C(=C\c7ccnc(OC)c7)C(=O)N6c6ccccc6)c5)c4)cc3)C2=O)nc1. The Hall–Kier alpha value is -10.1. The third-order valence-corrected chi connectivity index (χ3v) is 15.9. The summed E-state index contributed by atoms with van der Waals surface area (Å²) in [4.78, 5) is 77.9. The van der Waals surface area contributed by atoms with Gasteiger partial charge in [-0.3, -0.25) is 34.1 Å². The number of benzene rings is 6. The highest BCUT2D eigenvalue weighted by atomic mass is 32.2. The smallest absolute Gasteiger partial charge is 0.271 e. The maximum Gasteiger partial charge on any atom is 0.271 e. The number of nitrogens with zero attached hydrogens (tertiary/aromatic N) is 9. The summed E-state index contributed by atoms with van der Waals surface area (Å²) in [7, 11) is 3.12. The summed E-state index contributed by atoms with van der Waals surface area (Å²) >= 11 is 3.79. The molecule has 18 heteroatoms. The first kappa shape index (κ1) is 54.4. The van der Waals surface area contributed by atoms with Gasteiger partial charge in [0.2, 0.25) is 5.88 Å². The van der Waals surface area contributed by atoms with Gasteiger partial charge in [-0.1, -0.05) is 97.1 Å². The highest BCUT2D eigenvalue weighted by Crippen LogP contribution is 2.41. The lowest BCUT2D eigenvalue weighted by molar-refractivity contribution is -0.114. The van der Waals surface area contributed by atoms with E-state index in [2.05, 4.69) is 9.97 Å². The molecule has 3 aliphatic heterocycles. The molecule has 15 nitrogen and oxygen atoms in total. The molecule has 0 unspecified atom stereocenters. The maximum atomic E-state index is 14.6. The molecule has 6 aromatic carbocycles. The fourth-order valence-electron chi connectivity index (χ4n) is 8.94. The van der Waals surface area contributed by atoms with Crippen molar-refractivity contribution in [2.24, 2.45) is 15.0 Å². The van der Waals surface area contributed by atoms with E-state index in [-0.39, 0.29) is 24.3 Å². The predicted octanol–water partition coefficient (Wildman–Crippen LogP) is 14.6. The summed E-state index contributed by atoms with van der Waals surface area (Å²) in [6.45, 7) is 0.140. The summed E-state index contributed by atoms with van der Waals surface area (Å²) in [5, 5.41) is 1.45. The number of aliphatic imine (C=N–C) groups is 3. The number of amides is 3. The second-order valence-corrected chi connectivity index (χ2v) is 21.7. The molecule has 0 bridgehead atoms. The Morgan fingerprint density at radius 1 is 0.464 bits per heavy atom. The van der Waals surface area contributed by atoms with Crippen LogP contribution in [0.5, 0.6) is 17.4 Å². The van der Waals surface area contributed by atoms with E-state index in [1.54, 1.807) is 83.8 Å². The molecule has 12 rings (SSSR count). The third-order valence-electron chi connectivity index (χ3n) is 13.0. The Kier molecular flexibility index (Phi) is 16.2. The molecule has 0 atom stereocenters. The molecule has 410 valence electrons. The van der Waals surface area contributed by atoms with Gasteiger partial charge < -0.3 is 14.2 Å². The van der Waals surface area contributed by atoms with E-state index in [0.717, 1.165) is 11.1 Å². The van der Waals surface area contributed by atoms with Crippen molar-refractivity contribution in [2.45, 2.75) is 6.61 Å². The average molecular weight is 1160 g/mol. The summed E-state index contributed by atoms with van der Waals surface area (Å²) in [5.74, 6) is 0.784.